The third-order valence-corrected chi connectivity index (χ3v) is 9.07. The molecule has 13 nitrogen and oxygen atoms in total. The van der Waals surface area contributed by atoms with Crippen molar-refractivity contribution in [3.8, 4) is 0 Å². The Labute approximate surface area is 270 Å². The Kier molecular flexibility index (Phi) is 11.9. The maximum Gasteiger partial charge on any atom is 0.289 e. The number of likely N-dealkylation sites (tertiary alicyclic amines) is 1. The highest BCUT2D eigenvalue weighted by atomic mass is 16.2. The number of carbonyl (C=O) groups excluding carboxylic acids is 6. The lowest BCUT2D eigenvalue weighted by atomic mass is 9.82. The highest BCUT2D eigenvalue weighted by Crippen LogP contribution is 2.29. The zero-order valence-corrected chi connectivity index (χ0v) is 27.5. The highest BCUT2D eigenvalue weighted by molar-refractivity contribution is 6.38. The van der Waals surface area contributed by atoms with Crippen LogP contribution in [0.5, 0.6) is 0 Å². The maximum absolute atomic E-state index is 14.2. The molecule has 0 unspecified atom stereocenters. The zero-order valence-electron chi connectivity index (χ0n) is 27.5. The van der Waals surface area contributed by atoms with E-state index in [1.165, 1.54) is 23.5 Å². The van der Waals surface area contributed by atoms with Gasteiger partial charge in [0.15, 0.2) is 0 Å². The highest BCUT2D eigenvalue weighted by Gasteiger charge is 2.44. The zero-order chi connectivity index (χ0) is 33.4. The molecule has 46 heavy (non-hydrogen) atoms. The number of Topliss-reactive ketones (excluding diaryl/α,β-unsaturated/α-hetero) is 1. The Morgan fingerprint density at radius 3 is 2.24 bits per heavy atom. The summed E-state index contributed by atoms with van der Waals surface area (Å²) in [7, 11) is 0. The molecule has 1 aromatic heterocycles. The van der Waals surface area contributed by atoms with E-state index in [2.05, 4.69) is 31.2 Å². The van der Waals surface area contributed by atoms with Crippen molar-refractivity contribution in [3.05, 3.63) is 24.3 Å². The predicted molar refractivity (Wildman–Crippen MR) is 169 cm³/mol. The smallest absolute Gasteiger partial charge is 0.289 e. The van der Waals surface area contributed by atoms with Gasteiger partial charge in [0.2, 0.25) is 23.5 Å². The first-order chi connectivity index (χ1) is 21.9. The molecule has 0 spiro atoms. The van der Waals surface area contributed by atoms with E-state index in [4.69, 9.17) is 0 Å². The molecule has 5 amide bonds. The fraction of sp³-hybridized carbons (Fsp3) is 0.697. The van der Waals surface area contributed by atoms with Gasteiger partial charge in [-0.2, -0.15) is 0 Å². The molecule has 1 aliphatic heterocycles. The molecule has 1 saturated heterocycles. The average Bonchev–Trinajstić information content (AvgIpc) is 3.71. The Morgan fingerprint density at radius 1 is 0.913 bits per heavy atom. The number of carbonyl (C=O) groups is 6. The van der Waals surface area contributed by atoms with Gasteiger partial charge in [0, 0.05) is 25.0 Å². The van der Waals surface area contributed by atoms with Gasteiger partial charge in [-0.05, 0) is 56.3 Å². The second-order valence-electron chi connectivity index (χ2n) is 13.9. The van der Waals surface area contributed by atoms with Crippen LogP contribution in [0.15, 0.2) is 18.6 Å². The van der Waals surface area contributed by atoms with Gasteiger partial charge in [0.25, 0.3) is 11.8 Å². The Bertz CT molecular complexity index is 1270. The molecule has 4 rings (SSSR count). The number of rotatable bonds is 13. The van der Waals surface area contributed by atoms with Crippen molar-refractivity contribution in [3.63, 3.8) is 0 Å². The summed E-state index contributed by atoms with van der Waals surface area (Å²) >= 11 is 0. The summed E-state index contributed by atoms with van der Waals surface area (Å²) in [6.45, 7) is 7.68. The molecule has 2 heterocycles. The summed E-state index contributed by atoms with van der Waals surface area (Å²) in [4.78, 5) is 89.5. The summed E-state index contributed by atoms with van der Waals surface area (Å²) in [6.07, 6.45) is 12.2. The minimum Gasteiger partial charge on any atom is -0.347 e. The summed E-state index contributed by atoms with van der Waals surface area (Å²) in [5, 5.41) is 11.2. The molecule has 2 aliphatic carbocycles. The number of ketones is 1. The summed E-state index contributed by atoms with van der Waals surface area (Å²) in [6, 6.07) is -3.70. The number of aromatic nitrogens is 2. The van der Waals surface area contributed by atoms with Crippen LogP contribution in [-0.2, 0) is 24.0 Å². The van der Waals surface area contributed by atoms with Crippen LogP contribution in [0.1, 0.15) is 109 Å². The molecule has 2 saturated carbocycles. The van der Waals surface area contributed by atoms with Gasteiger partial charge in [-0.15, -0.1) is 0 Å². The first-order valence-electron chi connectivity index (χ1n) is 16.7. The van der Waals surface area contributed by atoms with Crippen LogP contribution in [0.25, 0.3) is 0 Å². The van der Waals surface area contributed by atoms with Gasteiger partial charge < -0.3 is 26.2 Å². The van der Waals surface area contributed by atoms with Crippen LogP contribution < -0.4 is 21.3 Å². The number of nitrogens with one attached hydrogen (secondary N) is 4. The minimum atomic E-state index is -0.995. The van der Waals surface area contributed by atoms with E-state index in [0.717, 1.165) is 44.9 Å². The number of nitrogens with zero attached hydrogens (tertiary/aromatic N) is 3. The van der Waals surface area contributed by atoms with Gasteiger partial charge in [0.1, 0.15) is 23.8 Å². The second-order valence-corrected chi connectivity index (χ2v) is 13.9. The molecule has 3 fully saturated rings. The molecular weight excluding hydrogens is 590 g/mol. The van der Waals surface area contributed by atoms with Crippen LogP contribution in [0, 0.1) is 11.3 Å². The van der Waals surface area contributed by atoms with Crippen LogP contribution in [0.3, 0.4) is 0 Å². The van der Waals surface area contributed by atoms with Gasteiger partial charge in [0.05, 0.1) is 12.2 Å². The van der Waals surface area contributed by atoms with Gasteiger partial charge in [-0.1, -0.05) is 53.4 Å². The fourth-order valence-electron chi connectivity index (χ4n) is 6.31. The van der Waals surface area contributed by atoms with Crippen molar-refractivity contribution in [1.29, 1.82) is 0 Å². The minimum absolute atomic E-state index is 0.0139. The number of hydrogen-bond donors (Lipinski definition) is 4. The Morgan fingerprint density at radius 2 is 1.63 bits per heavy atom. The standard InChI is InChI=1S/C33H49N7O6/c1-5-10-22(26(41)31(45)36-21-14-15-21)37-29(43)24-13-9-18-40(24)32(46)27(33(2,3)4)39-30(44)25(20-11-7-6-8-12-20)38-28(42)23-19-34-16-17-35-23/h16-17,19-22,24-25,27H,5-15,18H2,1-4H3,(H,36,45)(H,37,43)(H,38,42)(H,39,44)/t22-,24-,25-,27+/m0/s1. The Hall–Kier alpha value is -3.90. The van der Waals surface area contributed by atoms with Gasteiger partial charge in [-0.3, -0.25) is 33.8 Å². The van der Waals surface area contributed by atoms with E-state index in [1.807, 2.05) is 27.7 Å². The third-order valence-electron chi connectivity index (χ3n) is 9.07. The Balaban J connectivity index is 1.48. The van der Waals surface area contributed by atoms with Crippen molar-refractivity contribution in [2.45, 2.75) is 129 Å². The predicted octanol–water partition coefficient (Wildman–Crippen LogP) is 1.81. The van der Waals surface area contributed by atoms with E-state index in [9.17, 15) is 28.8 Å². The van der Waals surface area contributed by atoms with Crippen LogP contribution >= 0.6 is 0 Å². The lowest BCUT2D eigenvalue weighted by molar-refractivity contribution is -0.145. The number of amides is 5. The molecule has 252 valence electrons. The molecule has 0 aromatic carbocycles. The largest absolute Gasteiger partial charge is 0.347 e. The summed E-state index contributed by atoms with van der Waals surface area (Å²) in [5.41, 5.74) is -0.639. The normalized spacial score (nSPS) is 20.6. The quantitative estimate of drug-likeness (QED) is 0.236. The molecular formula is C33H49N7O6. The first-order valence-corrected chi connectivity index (χ1v) is 16.7. The van der Waals surface area contributed by atoms with Crippen LogP contribution in [-0.4, -0.2) is 86.9 Å². The fourth-order valence-corrected chi connectivity index (χ4v) is 6.31. The van der Waals surface area contributed by atoms with E-state index >= 15 is 0 Å². The topological polar surface area (TPSA) is 180 Å². The first kappa shape index (κ1) is 35.0. The SMILES string of the molecule is CCC[C@H](NC(=O)[C@@H]1CCCN1C(=O)[C@@H](NC(=O)[C@@H](NC(=O)c1cnccn1)C1CCCCC1)C(C)(C)C)C(=O)C(=O)NC1CC1. The van der Waals surface area contributed by atoms with Gasteiger partial charge >= 0.3 is 0 Å². The average molecular weight is 640 g/mol. The maximum atomic E-state index is 14.2. The van der Waals surface area contributed by atoms with E-state index in [1.54, 1.807) is 0 Å². The van der Waals surface area contributed by atoms with Crippen molar-refractivity contribution in [2.24, 2.45) is 11.3 Å². The molecule has 0 radical (unpaired) electrons. The summed E-state index contributed by atoms with van der Waals surface area (Å²) < 4.78 is 0. The monoisotopic (exact) mass is 639 g/mol. The second kappa shape index (κ2) is 15.6. The molecule has 0 bridgehead atoms. The molecule has 3 aliphatic rings. The van der Waals surface area contributed by atoms with E-state index in [-0.39, 0.29) is 17.7 Å². The van der Waals surface area contributed by atoms with Crippen molar-refractivity contribution in [2.75, 3.05) is 6.54 Å². The lowest BCUT2D eigenvalue weighted by Gasteiger charge is -2.37. The van der Waals surface area contributed by atoms with E-state index < -0.39 is 64.9 Å². The molecule has 4 atom stereocenters. The van der Waals surface area contributed by atoms with E-state index in [0.29, 0.717) is 32.2 Å². The van der Waals surface area contributed by atoms with Gasteiger partial charge in [-0.25, -0.2) is 4.98 Å². The number of hydrogen-bond acceptors (Lipinski definition) is 8. The van der Waals surface area contributed by atoms with Crippen LogP contribution in [0.4, 0.5) is 0 Å². The molecule has 1 aromatic rings. The van der Waals surface area contributed by atoms with Crippen molar-refractivity contribution < 1.29 is 28.8 Å². The van der Waals surface area contributed by atoms with Crippen LogP contribution in [0.2, 0.25) is 0 Å². The summed E-state index contributed by atoms with van der Waals surface area (Å²) in [5.74, 6) is -3.38. The molecule has 13 heteroatoms. The molecule has 4 N–H and O–H groups in total. The van der Waals surface area contributed by atoms with Crippen molar-refractivity contribution >= 4 is 35.3 Å². The van der Waals surface area contributed by atoms with Crippen molar-refractivity contribution in [1.82, 2.24) is 36.1 Å². The lowest BCUT2D eigenvalue weighted by Crippen LogP contribution is -2.62. The third kappa shape index (κ3) is 9.10.